The first-order chi connectivity index (χ1) is 16.9. The fraction of sp³-hybridized carbons (Fsp3) is 0.208. The van der Waals surface area contributed by atoms with Crippen molar-refractivity contribution in [2.45, 2.75) is 31.8 Å². The van der Waals surface area contributed by atoms with Crippen LogP contribution in [0.2, 0.25) is 0 Å². The Morgan fingerprint density at radius 3 is 2.42 bits per heavy atom. The predicted octanol–water partition coefficient (Wildman–Crippen LogP) is 3.97. The van der Waals surface area contributed by atoms with Crippen LogP contribution < -0.4 is 20.3 Å². The molecule has 2 heterocycles. The zero-order chi connectivity index (χ0) is 26.4. The number of nitrogen functional groups attached to an aromatic ring is 1. The molecule has 0 aliphatic heterocycles. The third-order valence-corrected chi connectivity index (χ3v) is 6.27. The second kappa shape index (κ2) is 9.28. The Kier molecular flexibility index (Phi) is 6.50. The number of benzene rings is 2. The number of pyridine rings is 1. The molecule has 0 aliphatic rings. The van der Waals surface area contributed by atoms with Crippen LogP contribution >= 0.6 is 0 Å². The number of methoxy groups -OCH3 is 1. The van der Waals surface area contributed by atoms with E-state index in [1.54, 1.807) is 19.1 Å². The topological polar surface area (TPSA) is 143 Å². The number of ether oxygens (including phenoxy) is 2. The van der Waals surface area contributed by atoms with Gasteiger partial charge in [-0.25, -0.2) is 37.3 Å². The third-order valence-electron chi connectivity index (χ3n) is 5.35. The standard InChI is InChI=1S/C24H23F2N5O4S/c1-11(2)35-18-9-13(7-15-12(3)30-24(27)31-22(15)18)14-8-16(23(34-4)29-10-14)20-17(25)5-6-19(21(20)26)36(28,32)33/h5-11H,1-4H3,(H2,27,30,31)(H2,28,32,33). The van der Waals surface area contributed by atoms with Crippen molar-refractivity contribution < 1.29 is 26.7 Å². The van der Waals surface area contributed by atoms with E-state index in [0.717, 1.165) is 12.1 Å². The van der Waals surface area contributed by atoms with Crippen molar-refractivity contribution in [3.05, 3.63) is 53.9 Å². The third kappa shape index (κ3) is 4.64. The molecule has 0 amide bonds. The lowest BCUT2D eigenvalue weighted by Gasteiger charge is -2.16. The van der Waals surface area contributed by atoms with Crippen molar-refractivity contribution in [1.29, 1.82) is 0 Å². The Labute approximate surface area is 206 Å². The summed E-state index contributed by atoms with van der Waals surface area (Å²) in [5.74, 6) is -1.96. The molecule has 0 saturated carbocycles. The molecule has 0 saturated heterocycles. The number of nitrogens with zero attached hydrogens (tertiary/aromatic N) is 3. The minimum atomic E-state index is -4.46. The van der Waals surface area contributed by atoms with Crippen LogP contribution in [0.15, 0.2) is 41.4 Å². The van der Waals surface area contributed by atoms with E-state index in [9.17, 15) is 12.8 Å². The molecule has 0 fully saturated rings. The van der Waals surface area contributed by atoms with E-state index in [4.69, 9.17) is 20.3 Å². The number of rotatable bonds is 6. The van der Waals surface area contributed by atoms with E-state index >= 15 is 4.39 Å². The molecular weight excluding hydrogens is 492 g/mol. The number of aryl methyl sites for hydroxylation is 1. The highest BCUT2D eigenvalue weighted by atomic mass is 32.2. The number of nitrogens with two attached hydrogens (primary N) is 2. The van der Waals surface area contributed by atoms with Gasteiger partial charge in [0.1, 0.15) is 22.0 Å². The Balaban J connectivity index is 2.00. The number of hydrogen-bond acceptors (Lipinski definition) is 8. The molecule has 0 spiro atoms. The molecule has 0 atom stereocenters. The van der Waals surface area contributed by atoms with Gasteiger partial charge in [0.05, 0.1) is 30.0 Å². The van der Waals surface area contributed by atoms with Crippen LogP contribution in [0.5, 0.6) is 11.6 Å². The number of aromatic nitrogens is 3. The summed E-state index contributed by atoms with van der Waals surface area (Å²) in [6, 6.07) is 6.50. The van der Waals surface area contributed by atoms with Crippen LogP contribution in [-0.4, -0.2) is 36.6 Å². The lowest BCUT2D eigenvalue weighted by Crippen LogP contribution is -2.15. The molecule has 4 rings (SSSR count). The Hall–Kier alpha value is -3.90. The molecule has 9 nitrogen and oxygen atoms in total. The van der Waals surface area contributed by atoms with Crippen molar-refractivity contribution in [1.82, 2.24) is 15.0 Å². The van der Waals surface area contributed by atoms with Gasteiger partial charge in [-0.1, -0.05) is 0 Å². The first kappa shape index (κ1) is 25.2. The van der Waals surface area contributed by atoms with E-state index in [-0.39, 0.29) is 23.5 Å². The van der Waals surface area contributed by atoms with Gasteiger partial charge in [-0.15, -0.1) is 0 Å². The molecule has 4 N–H and O–H groups in total. The van der Waals surface area contributed by atoms with Crippen LogP contribution in [0.3, 0.4) is 0 Å². The van der Waals surface area contributed by atoms with Gasteiger partial charge >= 0.3 is 0 Å². The van der Waals surface area contributed by atoms with Gasteiger partial charge in [-0.05, 0) is 56.7 Å². The average molecular weight is 516 g/mol. The molecule has 0 aliphatic carbocycles. The predicted molar refractivity (Wildman–Crippen MR) is 131 cm³/mol. The van der Waals surface area contributed by atoms with Crippen molar-refractivity contribution in [3.63, 3.8) is 0 Å². The van der Waals surface area contributed by atoms with Crippen LogP contribution in [-0.2, 0) is 10.0 Å². The summed E-state index contributed by atoms with van der Waals surface area (Å²) in [7, 11) is -3.18. The van der Waals surface area contributed by atoms with Crippen molar-refractivity contribution in [2.24, 2.45) is 5.14 Å². The van der Waals surface area contributed by atoms with Crippen LogP contribution in [0.4, 0.5) is 14.7 Å². The lowest BCUT2D eigenvalue weighted by molar-refractivity contribution is 0.245. The summed E-state index contributed by atoms with van der Waals surface area (Å²) in [6.45, 7) is 5.48. The Bertz CT molecular complexity index is 1610. The molecular formula is C24H23F2N5O4S. The Morgan fingerprint density at radius 1 is 1.06 bits per heavy atom. The molecule has 2 aromatic carbocycles. The van der Waals surface area contributed by atoms with E-state index in [1.165, 1.54) is 19.4 Å². The summed E-state index contributed by atoms with van der Waals surface area (Å²) in [5, 5.41) is 5.76. The number of fused-ring (bicyclic) bond motifs is 1. The monoisotopic (exact) mass is 515 g/mol. The highest BCUT2D eigenvalue weighted by molar-refractivity contribution is 7.89. The number of primary sulfonamides is 1. The summed E-state index contributed by atoms with van der Waals surface area (Å²) >= 11 is 0. The quantitative estimate of drug-likeness (QED) is 0.393. The first-order valence-electron chi connectivity index (χ1n) is 10.7. The van der Waals surface area contributed by atoms with E-state index in [1.807, 2.05) is 13.8 Å². The van der Waals surface area contributed by atoms with E-state index < -0.39 is 32.1 Å². The normalized spacial score (nSPS) is 11.8. The zero-order valence-electron chi connectivity index (χ0n) is 19.8. The van der Waals surface area contributed by atoms with Gasteiger partial charge in [-0.2, -0.15) is 0 Å². The van der Waals surface area contributed by atoms with Crippen LogP contribution in [0.1, 0.15) is 19.5 Å². The van der Waals surface area contributed by atoms with E-state index in [0.29, 0.717) is 33.5 Å². The van der Waals surface area contributed by atoms with Gasteiger partial charge < -0.3 is 15.2 Å². The number of anilines is 1. The molecule has 0 bridgehead atoms. The van der Waals surface area contributed by atoms with Crippen molar-refractivity contribution in [2.75, 3.05) is 12.8 Å². The number of hydrogen-bond donors (Lipinski definition) is 2. The smallest absolute Gasteiger partial charge is 0.240 e. The Morgan fingerprint density at radius 2 is 1.78 bits per heavy atom. The van der Waals surface area contributed by atoms with Crippen LogP contribution in [0, 0.1) is 18.6 Å². The van der Waals surface area contributed by atoms with Crippen molar-refractivity contribution >= 4 is 26.9 Å². The second-order valence-electron chi connectivity index (χ2n) is 8.26. The molecule has 36 heavy (non-hydrogen) atoms. The second-order valence-corrected chi connectivity index (χ2v) is 9.79. The summed E-state index contributed by atoms with van der Waals surface area (Å²) < 4.78 is 64.9. The molecule has 2 aromatic heterocycles. The molecule has 4 aromatic rings. The maximum atomic E-state index is 15.2. The molecule has 12 heteroatoms. The number of sulfonamides is 1. The lowest BCUT2D eigenvalue weighted by atomic mass is 9.98. The van der Waals surface area contributed by atoms with Gasteiger partial charge in [0.25, 0.3) is 0 Å². The number of halogens is 2. The fourth-order valence-corrected chi connectivity index (χ4v) is 4.44. The zero-order valence-corrected chi connectivity index (χ0v) is 20.7. The minimum Gasteiger partial charge on any atom is -0.489 e. The van der Waals surface area contributed by atoms with Gasteiger partial charge in [0.15, 0.2) is 5.82 Å². The molecule has 188 valence electrons. The van der Waals surface area contributed by atoms with Crippen molar-refractivity contribution in [3.8, 4) is 33.9 Å². The van der Waals surface area contributed by atoms with Gasteiger partial charge in [0, 0.05) is 17.1 Å². The summed E-state index contributed by atoms with van der Waals surface area (Å²) in [6.07, 6.45) is 1.27. The van der Waals surface area contributed by atoms with Gasteiger partial charge in [0.2, 0.25) is 21.9 Å². The fourth-order valence-electron chi connectivity index (χ4n) is 3.83. The van der Waals surface area contributed by atoms with Gasteiger partial charge in [-0.3, -0.25) is 0 Å². The molecule has 0 unspecified atom stereocenters. The first-order valence-corrected chi connectivity index (χ1v) is 12.3. The largest absolute Gasteiger partial charge is 0.489 e. The molecule has 0 radical (unpaired) electrons. The highest BCUT2D eigenvalue weighted by Crippen LogP contribution is 2.39. The maximum absolute atomic E-state index is 15.2. The maximum Gasteiger partial charge on any atom is 0.240 e. The highest BCUT2D eigenvalue weighted by Gasteiger charge is 2.25. The average Bonchev–Trinajstić information content (AvgIpc) is 2.78. The SMILES string of the molecule is COc1ncc(-c2cc(OC(C)C)c3nc(N)nc(C)c3c2)cc1-c1c(F)ccc(S(N)(=O)=O)c1F. The minimum absolute atomic E-state index is 0.0930. The van der Waals surface area contributed by atoms with E-state index in [2.05, 4.69) is 15.0 Å². The summed E-state index contributed by atoms with van der Waals surface area (Å²) in [5.41, 5.74) is 7.23. The summed E-state index contributed by atoms with van der Waals surface area (Å²) in [4.78, 5) is 11.9. The van der Waals surface area contributed by atoms with Crippen LogP contribution in [0.25, 0.3) is 33.2 Å².